The van der Waals surface area contributed by atoms with Gasteiger partial charge in [0, 0.05) is 43.9 Å². The van der Waals surface area contributed by atoms with Crippen molar-refractivity contribution in [3.05, 3.63) is 30.3 Å². The monoisotopic (exact) mass is 425 g/mol. The summed E-state index contributed by atoms with van der Waals surface area (Å²) in [6.45, 7) is 8.68. The van der Waals surface area contributed by atoms with Gasteiger partial charge in [-0.25, -0.2) is 4.98 Å². The molecular weight excluding hydrogens is 399 g/mol. The minimum absolute atomic E-state index is 0.0985. The van der Waals surface area contributed by atoms with Crippen LogP contribution in [-0.2, 0) is 4.74 Å². The Labute approximate surface area is 173 Å². The van der Waals surface area contributed by atoms with Crippen molar-refractivity contribution >= 4 is 11.8 Å². The molecule has 1 aliphatic rings. The lowest BCUT2D eigenvalue weighted by molar-refractivity contribution is -0.274. The molecule has 0 amide bonds. The topological polar surface area (TPSA) is 71.5 Å². The minimum Gasteiger partial charge on any atom is -0.406 e. The van der Waals surface area contributed by atoms with Gasteiger partial charge in [0.05, 0.1) is 18.9 Å². The Morgan fingerprint density at radius 2 is 1.93 bits per heavy atom. The largest absolute Gasteiger partial charge is 0.573 e. The van der Waals surface area contributed by atoms with Crippen LogP contribution >= 0.6 is 0 Å². The van der Waals surface area contributed by atoms with Crippen LogP contribution in [0.4, 0.5) is 24.9 Å². The number of anilines is 2. The maximum atomic E-state index is 12.6. The van der Waals surface area contributed by atoms with Gasteiger partial charge in [-0.3, -0.25) is 4.90 Å². The summed E-state index contributed by atoms with van der Waals surface area (Å²) in [7, 11) is 0. The quantitative estimate of drug-likeness (QED) is 0.670. The Kier molecular flexibility index (Phi) is 7.33. The fourth-order valence-electron chi connectivity index (χ4n) is 3.03. The molecule has 1 fully saturated rings. The number of nitrogens with zero attached hydrogens (tertiary/aromatic N) is 3. The molecule has 0 atom stereocenters. The van der Waals surface area contributed by atoms with Gasteiger partial charge in [-0.05, 0) is 26.0 Å². The summed E-state index contributed by atoms with van der Waals surface area (Å²) < 4.78 is 47.1. The van der Waals surface area contributed by atoms with Crippen LogP contribution in [0.2, 0.25) is 0 Å². The van der Waals surface area contributed by atoms with Crippen molar-refractivity contribution in [1.29, 1.82) is 0 Å². The molecule has 0 saturated carbocycles. The normalized spacial score (nSPS) is 15.3. The molecule has 0 aliphatic carbocycles. The van der Waals surface area contributed by atoms with E-state index >= 15 is 0 Å². The number of morpholine rings is 1. The maximum absolute atomic E-state index is 12.6. The molecule has 1 aromatic carbocycles. The molecule has 0 spiro atoms. The first-order valence-corrected chi connectivity index (χ1v) is 9.84. The first-order valence-electron chi connectivity index (χ1n) is 9.84. The molecule has 2 heterocycles. The van der Waals surface area contributed by atoms with Crippen LogP contribution in [0.25, 0.3) is 11.3 Å². The fraction of sp³-hybridized carbons (Fsp3) is 0.500. The minimum atomic E-state index is -4.75. The summed E-state index contributed by atoms with van der Waals surface area (Å²) in [5.74, 6) is 0.705. The van der Waals surface area contributed by atoms with Gasteiger partial charge >= 0.3 is 6.36 Å². The van der Waals surface area contributed by atoms with E-state index in [-0.39, 0.29) is 11.8 Å². The molecule has 1 saturated heterocycles. The highest BCUT2D eigenvalue weighted by molar-refractivity contribution is 5.66. The average molecular weight is 425 g/mol. The third-order valence-electron chi connectivity index (χ3n) is 4.35. The third kappa shape index (κ3) is 7.03. The second kappa shape index (κ2) is 9.94. The molecule has 10 heteroatoms. The molecular formula is C20H26F3N5O2. The van der Waals surface area contributed by atoms with Crippen LogP contribution in [-0.4, -0.2) is 66.7 Å². The zero-order chi connectivity index (χ0) is 21.6. The van der Waals surface area contributed by atoms with E-state index in [9.17, 15) is 13.2 Å². The van der Waals surface area contributed by atoms with Gasteiger partial charge in [-0.2, -0.15) is 4.98 Å². The van der Waals surface area contributed by atoms with Crippen molar-refractivity contribution in [2.24, 2.45) is 0 Å². The van der Waals surface area contributed by atoms with Crippen LogP contribution < -0.4 is 15.4 Å². The van der Waals surface area contributed by atoms with E-state index in [2.05, 4.69) is 30.2 Å². The van der Waals surface area contributed by atoms with E-state index in [1.165, 1.54) is 18.2 Å². The number of nitrogens with one attached hydrogen (secondary N) is 2. The summed E-state index contributed by atoms with van der Waals surface area (Å²) in [6, 6.07) is 7.57. The highest BCUT2D eigenvalue weighted by Gasteiger charge is 2.31. The SMILES string of the molecule is CC(C)Nc1nc(NCCN2CCOCC2)cc(-c2cccc(OC(F)(F)F)c2)n1. The van der Waals surface area contributed by atoms with E-state index < -0.39 is 6.36 Å². The number of benzene rings is 1. The lowest BCUT2D eigenvalue weighted by Gasteiger charge is -2.26. The van der Waals surface area contributed by atoms with Crippen molar-refractivity contribution in [2.45, 2.75) is 26.3 Å². The second-order valence-corrected chi connectivity index (χ2v) is 7.22. The number of hydrogen-bond acceptors (Lipinski definition) is 7. The number of hydrogen-bond donors (Lipinski definition) is 2. The van der Waals surface area contributed by atoms with Crippen LogP contribution in [0.3, 0.4) is 0 Å². The van der Waals surface area contributed by atoms with E-state index in [1.54, 1.807) is 12.1 Å². The van der Waals surface area contributed by atoms with Crippen LogP contribution in [0.15, 0.2) is 30.3 Å². The van der Waals surface area contributed by atoms with Crippen molar-refractivity contribution < 1.29 is 22.6 Å². The lowest BCUT2D eigenvalue weighted by atomic mass is 10.1. The zero-order valence-electron chi connectivity index (χ0n) is 17.0. The van der Waals surface area contributed by atoms with Gasteiger partial charge in [-0.15, -0.1) is 13.2 Å². The predicted octanol–water partition coefficient (Wildman–Crippen LogP) is 3.61. The first-order chi connectivity index (χ1) is 14.3. The highest BCUT2D eigenvalue weighted by atomic mass is 19.4. The van der Waals surface area contributed by atoms with Gasteiger partial charge in [0.1, 0.15) is 11.6 Å². The molecule has 3 rings (SSSR count). The van der Waals surface area contributed by atoms with Crippen molar-refractivity contribution in [1.82, 2.24) is 14.9 Å². The summed E-state index contributed by atoms with van der Waals surface area (Å²) in [4.78, 5) is 11.2. The number of ether oxygens (including phenoxy) is 2. The van der Waals surface area contributed by atoms with Gasteiger partial charge in [0.25, 0.3) is 0 Å². The van der Waals surface area contributed by atoms with Crippen LogP contribution in [0.1, 0.15) is 13.8 Å². The Balaban J connectivity index is 1.77. The smallest absolute Gasteiger partial charge is 0.406 e. The summed E-state index contributed by atoms with van der Waals surface area (Å²) in [5, 5.41) is 6.43. The van der Waals surface area contributed by atoms with E-state index in [1.807, 2.05) is 13.8 Å². The maximum Gasteiger partial charge on any atom is 0.573 e. The Hall–Kier alpha value is -2.59. The summed E-state index contributed by atoms with van der Waals surface area (Å²) >= 11 is 0. The molecule has 7 nitrogen and oxygen atoms in total. The lowest BCUT2D eigenvalue weighted by Crippen LogP contribution is -2.39. The van der Waals surface area contributed by atoms with Gasteiger partial charge in [0.15, 0.2) is 0 Å². The molecule has 2 N–H and O–H groups in total. The van der Waals surface area contributed by atoms with Gasteiger partial charge < -0.3 is 20.1 Å². The average Bonchev–Trinajstić information content (AvgIpc) is 2.67. The van der Waals surface area contributed by atoms with E-state index in [4.69, 9.17) is 4.74 Å². The van der Waals surface area contributed by atoms with Crippen molar-refractivity contribution in [2.75, 3.05) is 50.0 Å². The van der Waals surface area contributed by atoms with E-state index in [0.717, 1.165) is 32.8 Å². The first kappa shape index (κ1) is 22.1. The molecule has 0 bridgehead atoms. The van der Waals surface area contributed by atoms with Crippen LogP contribution in [0, 0.1) is 0 Å². The summed E-state index contributed by atoms with van der Waals surface area (Å²) in [6.07, 6.45) is -4.75. The molecule has 0 unspecified atom stereocenters. The highest BCUT2D eigenvalue weighted by Crippen LogP contribution is 2.28. The standard InChI is InChI=1S/C20H26F3N5O2/c1-14(2)25-19-26-17(15-4-3-5-16(12-15)30-20(21,22)23)13-18(27-19)24-6-7-28-8-10-29-11-9-28/h3-5,12-14H,6-11H2,1-2H3,(H2,24,25,26,27). The molecule has 0 radical (unpaired) electrons. The number of alkyl halides is 3. The zero-order valence-corrected chi connectivity index (χ0v) is 17.0. The Morgan fingerprint density at radius 3 is 2.63 bits per heavy atom. The molecule has 30 heavy (non-hydrogen) atoms. The van der Waals surface area contributed by atoms with Crippen molar-refractivity contribution in [3.63, 3.8) is 0 Å². The van der Waals surface area contributed by atoms with Crippen molar-refractivity contribution in [3.8, 4) is 17.0 Å². The molecule has 2 aromatic rings. The predicted molar refractivity (Wildman–Crippen MR) is 109 cm³/mol. The van der Waals surface area contributed by atoms with Crippen LogP contribution in [0.5, 0.6) is 5.75 Å². The second-order valence-electron chi connectivity index (χ2n) is 7.22. The third-order valence-corrected chi connectivity index (χ3v) is 4.35. The fourth-order valence-corrected chi connectivity index (χ4v) is 3.03. The number of rotatable bonds is 8. The summed E-state index contributed by atoms with van der Waals surface area (Å²) in [5.41, 5.74) is 0.997. The number of halogens is 3. The molecule has 164 valence electrons. The Bertz CT molecular complexity index is 826. The van der Waals surface area contributed by atoms with Gasteiger partial charge in [0.2, 0.25) is 5.95 Å². The molecule has 1 aliphatic heterocycles. The Morgan fingerprint density at radius 1 is 1.17 bits per heavy atom. The van der Waals surface area contributed by atoms with E-state index in [0.29, 0.717) is 29.6 Å². The number of aromatic nitrogens is 2. The van der Waals surface area contributed by atoms with Gasteiger partial charge in [-0.1, -0.05) is 12.1 Å². The molecule has 1 aromatic heterocycles.